The molecule has 11 heteroatoms. The quantitative estimate of drug-likeness (QED) is 0.200. The number of anilines is 2. The number of amides is 1. The highest BCUT2D eigenvalue weighted by Gasteiger charge is 2.32. The summed E-state index contributed by atoms with van der Waals surface area (Å²) in [5.41, 5.74) is 2.90. The summed E-state index contributed by atoms with van der Waals surface area (Å²) in [6.45, 7) is 1.78. The highest BCUT2D eigenvalue weighted by molar-refractivity contribution is 8.14. The Balaban J connectivity index is 1.33. The van der Waals surface area contributed by atoms with E-state index in [0.717, 1.165) is 48.9 Å². The van der Waals surface area contributed by atoms with Gasteiger partial charge in [0.15, 0.2) is 5.17 Å². The van der Waals surface area contributed by atoms with Crippen LogP contribution in [-0.2, 0) is 4.79 Å². The van der Waals surface area contributed by atoms with Crippen molar-refractivity contribution in [3.05, 3.63) is 72.1 Å². The van der Waals surface area contributed by atoms with Crippen LogP contribution in [0.15, 0.2) is 81.0 Å². The fraction of sp³-hybridized carbons (Fsp3) is 0.296. The van der Waals surface area contributed by atoms with E-state index in [9.17, 15) is 9.90 Å². The third-order valence-electron chi connectivity index (χ3n) is 6.18. The largest absolute Gasteiger partial charge is 0.861 e. The highest BCUT2D eigenvalue weighted by Crippen LogP contribution is 2.29. The number of aliphatic imine (C=N–C) groups is 2. The zero-order valence-corrected chi connectivity index (χ0v) is 22.2. The number of para-hydroxylation sites is 1. The van der Waals surface area contributed by atoms with Gasteiger partial charge in [-0.1, -0.05) is 42.1 Å². The second-order valence-electron chi connectivity index (χ2n) is 9.16. The van der Waals surface area contributed by atoms with Crippen LogP contribution in [0.5, 0.6) is 0 Å². The van der Waals surface area contributed by atoms with Gasteiger partial charge in [-0.15, -0.1) is 0 Å². The molecule has 5 rings (SSSR count). The third kappa shape index (κ3) is 5.88. The van der Waals surface area contributed by atoms with Crippen LogP contribution in [0.25, 0.3) is 6.08 Å². The van der Waals surface area contributed by atoms with E-state index in [1.54, 1.807) is 17.1 Å². The topological polar surface area (TPSA) is 104 Å². The van der Waals surface area contributed by atoms with E-state index < -0.39 is 5.90 Å². The molecule has 0 radical (unpaired) electrons. The number of aromatic nitrogens is 2. The first-order chi connectivity index (χ1) is 18.5. The maximum Gasteiger partial charge on any atom is 0.324 e. The van der Waals surface area contributed by atoms with Crippen molar-refractivity contribution in [3.63, 3.8) is 0 Å². The summed E-state index contributed by atoms with van der Waals surface area (Å²) in [7, 11) is 3.95. The molecule has 1 amide bonds. The number of hydrogen-bond donors (Lipinski definition) is 0. The van der Waals surface area contributed by atoms with Gasteiger partial charge >= 0.3 is 5.88 Å². The number of hydrogen-bond acceptors (Lipinski definition) is 9. The molecule has 2 aliphatic rings. The molecule has 3 aromatic rings. The van der Waals surface area contributed by atoms with Crippen molar-refractivity contribution < 1.29 is 19.2 Å². The molecule has 0 spiro atoms. The molecule has 10 nitrogen and oxygen atoms in total. The predicted molar refractivity (Wildman–Crippen MR) is 148 cm³/mol. The van der Waals surface area contributed by atoms with Gasteiger partial charge in [-0.25, -0.2) is 9.98 Å². The number of piperidine rings is 1. The molecule has 1 fully saturated rings. The van der Waals surface area contributed by atoms with Crippen molar-refractivity contribution >= 4 is 52.1 Å². The lowest BCUT2D eigenvalue weighted by molar-refractivity contribution is -0.759. The van der Waals surface area contributed by atoms with Crippen LogP contribution in [0.2, 0.25) is 0 Å². The first-order valence-electron chi connectivity index (χ1n) is 12.5. The molecule has 38 heavy (non-hydrogen) atoms. The zero-order chi connectivity index (χ0) is 26.5. The normalized spacial score (nSPS) is 17.3. The zero-order valence-electron chi connectivity index (χ0n) is 21.4. The summed E-state index contributed by atoms with van der Waals surface area (Å²) in [4.78, 5) is 27.1. The molecular weight excluding hydrogens is 502 g/mol. The van der Waals surface area contributed by atoms with E-state index in [1.165, 1.54) is 11.3 Å². The fourth-order valence-electron chi connectivity index (χ4n) is 4.20. The van der Waals surface area contributed by atoms with E-state index in [4.69, 9.17) is 4.52 Å². The lowest BCUT2D eigenvalue weighted by atomic mass is 10.1. The molecule has 196 valence electrons. The Morgan fingerprint density at radius 3 is 2.58 bits per heavy atom. The maximum atomic E-state index is 13.4. The number of nitrogens with zero attached hydrogens (tertiary/aromatic N) is 7. The molecule has 2 aliphatic heterocycles. The molecule has 1 aromatic heterocycles. The van der Waals surface area contributed by atoms with Crippen LogP contribution in [0.3, 0.4) is 0 Å². The highest BCUT2D eigenvalue weighted by atomic mass is 32.2. The van der Waals surface area contributed by atoms with Crippen LogP contribution in [0.1, 0.15) is 24.8 Å². The minimum Gasteiger partial charge on any atom is -0.861 e. The Hall–Kier alpha value is -4.12. The van der Waals surface area contributed by atoms with Gasteiger partial charge in [-0.3, -0.25) is 14.2 Å². The minimum atomic E-state index is -0.406. The van der Waals surface area contributed by atoms with Gasteiger partial charge < -0.3 is 10.0 Å². The Morgan fingerprint density at radius 1 is 1.13 bits per heavy atom. The average molecular weight is 532 g/mol. The van der Waals surface area contributed by atoms with Crippen LogP contribution in [-0.4, -0.2) is 55.2 Å². The molecular formula is C27H29N7O3S. The number of benzene rings is 2. The van der Waals surface area contributed by atoms with Crippen LogP contribution >= 0.6 is 11.8 Å². The molecule has 0 atom stereocenters. The number of carbonyl (C=O) groups excluding carboxylic acids is 1. The van der Waals surface area contributed by atoms with E-state index in [2.05, 4.69) is 20.3 Å². The smallest absolute Gasteiger partial charge is 0.324 e. The predicted octanol–water partition coefficient (Wildman–Crippen LogP) is 2.72. The molecule has 0 unspecified atom stereocenters. The number of carbonyl (C=O) groups is 1. The van der Waals surface area contributed by atoms with Gasteiger partial charge in [-0.05, 0) is 61.1 Å². The summed E-state index contributed by atoms with van der Waals surface area (Å²) >= 11 is 1.16. The summed E-state index contributed by atoms with van der Waals surface area (Å²) < 4.78 is 5.24. The molecule has 1 saturated heterocycles. The summed E-state index contributed by atoms with van der Waals surface area (Å²) in [6, 6.07) is 17.1. The Bertz CT molecular complexity index is 1360. The van der Waals surface area contributed by atoms with Crippen LogP contribution in [0.4, 0.5) is 17.3 Å². The van der Waals surface area contributed by atoms with E-state index >= 15 is 0 Å². The van der Waals surface area contributed by atoms with E-state index in [1.807, 2.05) is 73.6 Å². The molecule has 3 heterocycles. The molecule has 2 aromatic carbocycles. The van der Waals surface area contributed by atoms with Gasteiger partial charge in [0.2, 0.25) is 5.27 Å². The Kier molecular flexibility index (Phi) is 7.73. The SMILES string of the molecule is CN(C)c1ccc(/C=C2/N=C(SC/C([O-])=N\c3c[n+](N4CCCCC4)no3)N(c3ccccc3)C2=O)cc1. The van der Waals surface area contributed by atoms with Gasteiger partial charge in [0.05, 0.1) is 23.6 Å². The lowest BCUT2D eigenvalue weighted by Gasteiger charge is -2.18. The van der Waals surface area contributed by atoms with Crippen molar-refractivity contribution in [1.29, 1.82) is 0 Å². The minimum absolute atomic E-state index is 0.00925. The number of amidine groups is 1. The van der Waals surface area contributed by atoms with E-state index in [-0.39, 0.29) is 17.5 Å². The van der Waals surface area contributed by atoms with Crippen molar-refractivity contribution in [2.45, 2.75) is 19.3 Å². The summed E-state index contributed by atoms with van der Waals surface area (Å²) in [5, 5.41) is 19.1. The second kappa shape index (κ2) is 11.5. The Morgan fingerprint density at radius 2 is 1.87 bits per heavy atom. The van der Waals surface area contributed by atoms with Crippen LogP contribution in [0, 0.1) is 0 Å². The number of rotatable bonds is 7. The molecule has 0 saturated carbocycles. The first kappa shape index (κ1) is 25.5. The van der Waals surface area contributed by atoms with Crippen molar-refractivity contribution in [2.75, 3.05) is 47.7 Å². The van der Waals surface area contributed by atoms with Gasteiger partial charge in [-0.2, -0.15) is 5.01 Å². The lowest BCUT2D eigenvalue weighted by Crippen LogP contribution is -2.60. The monoisotopic (exact) mass is 531 g/mol. The summed E-state index contributed by atoms with van der Waals surface area (Å²) in [5.74, 6) is -0.522. The van der Waals surface area contributed by atoms with Crippen molar-refractivity contribution in [1.82, 2.24) is 5.27 Å². The van der Waals surface area contributed by atoms with Gasteiger partial charge in [0, 0.05) is 25.5 Å². The second-order valence-corrected chi connectivity index (χ2v) is 10.1. The molecule has 0 N–H and O–H groups in total. The Labute approximate surface area is 225 Å². The maximum absolute atomic E-state index is 13.4. The third-order valence-corrected chi connectivity index (χ3v) is 7.11. The van der Waals surface area contributed by atoms with Gasteiger partial charge in [0.25, 0.3) is 12.1 Å². The van der Waals surface area contributed by atoms with E-state index in [0.29, 0.717) is 16.6 Å². The number of thioether (sulfide) groups is 1. The fourth-order valence-corrected chi connectivity index (χ4v) is 5.00. The standard InChI is InChI=1S/C27H29N7O3S/c1-31(2)21-13-11-20(12-14-21)17-23-26(36)34(22-9-5-3-6-10-22)27(28-23)38-19-24(35)29-25-18-33(30-37-25)32-15-7-4-8-16-32/h3,5-6,9-14,17-18H,4,7-8,15-16,19H2,1-2H3/b23-17+. The summed E-state index contributed by atoms with van der Waals surface area (Å²) in [6.07, 6.45) is 6.76. The first-order valence-corrected chi connectivity index (χ1v) is 13.4. The van der Waals surface area contributed by atoms with Crippen molar-refractivity contribution in [3.8, 4) is 0 Å². The van der Waals surface area contributed by atoms with Gasteiger partial charge in [0.1, 0.15) is 5.70 Å². The molecule has 0 aliphatic carbocycles. The molecule has 0 bridgehead atoms. The van der Waals surface area contributed by atoms with Crippen LogP contribution < -0.4 is 24.7 Å². The average Bonchev–Trinajstić information content (AvgIpc) is 3.53. The van der Waals surface area contributed by atoms with Crippen molar-refractivity contribution in [2.24, 2.45) is 9.98 Å².